The lowest BCUT2D eigenvalue weighted by molar-refractivity contribution is 0.0951. The van der Waals surface area contributed by atoms with Crippen molar-refractivity contribution >= 4 is 28.8 Å². The van der Waals surface area contributed by atoms with E-state index in [9.17, 15) is 9.59 Å². The first-order valence-electron chi connectivity index (χ1n) is 9.47. The van der Waals surface area contributed by atoms with Gasteiger partial charge in [-0.1, -0.05) is 18.2 Å². The number of anilines is 1. The van der Waals surface area contributed by atoms with Gasteiger partial charge in [-0.3, -0.25) is 9.59 Å². The SMILES string of the molecule is COc1cc(OC)c(OC)cc1CNC(=O)c1ccccc1N(C)C(=O)c1cccs1. The van der Waals surface area contributed by atoms with Crippen LogP contribution in [0, 0.1) is 0 Å². The van der Waals surface area contributed by atoms with Crippen LogP contribution in [0.25, 0.3) is 0 Å². The minimum atomic E-state index is -0.307. The molecule has 1 aromatic heterocycles. The zero-order valence-corrected chi connectivity index (χ0v) is 18.6. The van der Waals surface area contributed by atoms with Gasteiger partial charge in [-0.15, -0.1) is 11.3 Å². The third kappa shape index (κ3) is 4.80. The van der Waals surface area contributed by atoms with Crippen molar-refractivity contribution in [1.29, 1.82) is 0 Å². The van der Waals surface area contributed by atoms with Gasteiger partial charge in [0.15, 0.2) is 11.5 Å². The number of rotatable bonds is 8. The zero-order valence-electron chi connectivity index (χ0n) is 17.8. The summed E-state index contributed by atoms with van der Waals surface area (Å²) in [4.78, 5) is 27.8. The maximum atomic E-state index is 13.0. The molecule has 0 saturated heterocycles. The molecule has 0 bridgehead atoms. The number of para-hydroxylation sites is 1. The summed E-state index contributed by atoms with van der Waals surface area (Å²) in [5.74, 6) is 1.16. The van der Waals surface area contributed by atoms with E-state index in [1.165, 1.54) is 16.2 Å². The minimum absolute atomic E-state index is 0.170. The number of carbonyl (C=O) groups is 2. The molecule has 3 rings (SSSR count). The molecule has 8 heteroatoms. The van der Waals surface area contributed by atoms with Gasteiger partial charge in [0.1, 0.15) is 5.75 Å². The Balaban J connectivity index is 1.82. The quantitative estimate of drug-likeness (QED) is 0.573. The van der Waals surface area contributed by atoms with Crippen LogP contribution in [-0.2, 0) is 6.54 Å². The van der Waals surface area contributed by atoms with E-state index in [0.29, 0.717) is 33.4 Å². The zero-order chi connectivity index (χ0) is 22.4. The van der Waals surface area contributed by atoms with Gasteiger partial charge in [0.05, 0.1) is 37.5 Å². The Morgan fingerprint density at radius 3 is 2.26 bits per heavy atom. The van der Waals surface area contributed by atoms with Crippen molar-refractivity contribution < 1.29 is 23.8 Å². The highest BCUT2D eigenvalue weighted by Gasteiger charge is 2.20. The molecule has 1 heterocycles. The number of hydrogen-bond acceptors (Lipinski definition) is 6. The molecular weight excluding hydrogens is 416 g/mol. The summed E-state index contributed by atoms with van der Waals surface area (Å²) in [5.41, 5.74) is 1.65. The van der Waals surface area contributed by atoms with Gasteiger partial charge in [-0.05, 0) is 29.6 Å². The highest BCUT2D eigenvalue weighted by atomic mass is 32.1. The van der Waals surface area contributed by atoms with Crippen LogP contribution < -0.4 is 24.4 Å². The summed E-state index contributed by atoms with van der Waals surface area (Å²) in [5, 5.41) is 4.74. The smallest absolute Gasteiger partial charge is 0.268 e. The van der Waals surface area contributed by atoms with E-state index < -0.39 is 0 Å². The minimum Gasteiger partial charge on any atom is -0.496 e. The van der Waals surface area contributed by atoms with E-state index in [4.69, 9.17) is 14.2 Å². The van der Waals surface area contributed by atoms with E-state index in [0.717, 1.165) is 5.56 Å². The Kier molecular flexibility index (Phi) is 7.15. The number of carbonyl (C=O) groups excluding carboxylic acids is 2. The fourth-order valence-corrected chi connectivity index (χ4v) is 3.83. The molecule has 0 spiro atoms. The Hall–Kier alpha value is -3.52. The van der Waals surface area contributed by atoms with Crippen LogP contribution in [0.3, 0.4) is 0 Å². The molecule has 0 atom stereocenters. The van der Waals surface area contributed by atoms with Crippen molar-refractivity contribution in [1.82, 2.24) is 5.32 Å². The van der Waals surface area contributed by atoms with Crippen molar-refractivity contribution in [2.24, 2.45) is 0 Å². The Morgan fingerprint density at radius 2 is 1.61 bits per heavy atom. The molecule has 7 nitrogen and oxygen atoms in total. The summed E-state index contributed by atoms with van der Waals surface area (Å²) >= 11 is 1.36. The number of nitrogens with one attached hydrogen (secondary N) is 1. The first kappa shape index (κ1) is 22.2. The molecule has 0 unspecified atom stereocenters. The lowest BCUT2D eigenvalue weighted by Gasteiger charge is -2.20. The largest absolute Gasteiger partial charge is 0.496 e. The van der Waals surface area contributed by atoms with Crippen LogP contribution in [0.15, 0.2) is 53.9 Å². The highest BCUT2D eigenvalue weighted by molar-refractivity contribution is 7.12. The van der Waals surface area contributed by atoms with Crippen molar-refractivity contribution in [3.63, 3.8) is 0 Å². The van der Waals surface area contributed by atoms with Crippen molar-refractivity contribution in [3.05, 3.63) is 69.9 Å². The molecule has 3 aromatic rings. The summed E-state index contributed by atoms with van der Waals surface area (Å²) < 4.78 is 16.1. The third-order valence-electron chi connectivity index (χ3n) is 4.77. The molecule has 0 saturated carbocycles. The second kappa shape index (κ2) is 9.99. The van der Waals surface area contributed by atoms with Gasteiger partial charge in [0, 0.05) is 25.2 Å². The molecule has 2 aromatic carbocycles. The molecule has 0 aliphatic rings. The number of nitrogens with zero attached hydrogens (tertiary/aromatic N) is 1. The van der Waals surface area contributed by atoms with Gasteiger partial charge in [0.25, 0.3) is 11.8 Å². The van der Waals surface area contributed by atoms with E-state index >= 15 is 0 Å². The fourth-order valence-electron chi connectivity index (χ4n) is 3.13. The Labute approximate surface area is 185 Å². The van der Waals surface area contributed by atoms with Gasteiger partial charge in [0.2, 0.25) is 0 Å². The molecular formula is C23H24N2O5S. The van der Waals surface area contributed by atoms with Crippen LogP contribution in [-0.4, -0.2) is 40.2 Å². The van der Waals surface area contributed by atoms with Gasteiger partial charge in [-0.25, -0.2) is 0 Å². The molecule has 2 amide bonds. The highest BCUT2D eigenvalue weighted by Crippen LogP contribution is 2.34. The number of benzene rings is 2. The number of thiophene rings is 1. The second-order valence-corrected chi connectivity index (χ2v) is 7.51. The number of hydrogen-bond donors (Lipinski definition) is 1. The molecule has 0 radical (unpaired) electrons. The molecule has 0 aliphatic carbocycles. The molecule has 0 aliphatic heterocycles. The van der Waals surface area contributed by atoms with E-state index in [2.05, 4.69) is 5.32 Å². The number of amides is 2. The van der Waals surface area contributed by atoms with Crippen LogP contribution >= 0.6 is 11.3 Å². The average molecular weight is 441 g/mol. The van der Waals surface area contributed by atoms with Gasteiger partial charge >= 0.3 is 0 Å². The Morgan fingerprint density at radius 1 is 0.935 bits per heavy atom. The maximum absolute atomic E-state index is 13.0. The molecule has 1 N–H and O–H groups in total. The van der Waals surface area contributed by atoms with E-state index in [1.807, 2.05) is 11.4 Å². The lowest BCUT2D eigenvalue weighted by Crippen LogP contribution is -2.30. The predicted octanol–water partition coefficient (Wildman–Crippen LogP) is 3.98. The number of methoxy groups -OCH3 is 3. The molecule has 162 valence electrons. The standard InChI is InChI=1S/C23H24N2O5S/c1-25(23(27)21-10-7-11-31-21)17-9-6-5-8-16(17)22(26)24-14-15-12-19(29-3)20(30-4)13-18(15)28-2/h5-13H,14H2,1-4H3,(H,24,26). The monoisotopic (exact) mass is 440 g/mol. The summed E-state index contributed by atoms with van der Waals surface area (Å²) in [6.45, 7) is 0.208. The van der Waals surface area contributed by atoms with Crippen LogP contribution in [0.4, 0.5) is 5.69 Å². The average Bonchev–Trinajstić information content (AvgIpc) is 3.35. The van der Waals surface area contributed by atoms with Gasteiger partial charge < -0.3 is 24.4 Å². The topological polar surface area (TPSA) is 77.1 Å². The first-order valence-corrected chi connectivity index (χ1v) is 10.4. The normalized spacial score (nSPS) is 10.3. The van der Waals surface area contributed by atoms with Crippen molar-refractivity contribution in [2.75, 3.05) is 33.3 Å². The van der Waals surface area contributed by atoms with Crippen LogP contribution in [0.1, 0.15) is 25.6 Å². The van der Waals surface area contributed by atoms with Crippen molar-refractivity contribution in [3.8, 4) is 17.2 Å². The second-order valence-electron chi connectivity index (χ2n) is 6.56. The van der Waals surface area contributed by atoms with Crippen LogP contribution in [0.2, 0.25) is 0 Å². The lowest BCUT2D eigenvalue weighted by atomic mass is 10.1. The van der Waals surface area contributed by atoms with Crippen LogP contribution in [0.5, 0.6) is 17.2 Å². The van der Waals surface area contributed by atoms with E-state index in [-0.39, 0.29) is 18.4 Å². The number of ether oxygens (including phenoxy) is 3. The summed E-state index contributed by atoms with van der Waals surface area (Å²) in [6, 6.07) is 14.0. The Bertz CT molecular complexity index is 1070. The fraction of sp³-hybridized carbons (Fsp3) is 0.217. The summed E-state index contributed by atoms with van der Waals surface area (Å²) in [7, 11) is 6.30. The molecule has 31 heavy (non-hydrogen) atoms. The predicted molar refractivity (Wildman–Crippen MR) is 121 cm³/mol. The maximum Gasteiger partial charge on any atom is 0.268 e. The van der Waals surface area contributed by atoms with Gasteiger partial charge in [-0.2, -0.15) is 0 Å². The third-order valence-corrected chi connectivity index (χ3v) is 5.63. The van der Waals surface area contributed by atoms with E-state index in [1.54, 1.807) is 70.8 Å². The molecule has 0 fully saturated rings. The first-order chi connectivity index (χ1) is 15.0. The van der Waals surface area contributed by atoms with Crippen molar-refractivity contribution in [2.45, 2.75) is 6.54 Å². The summed E-state index contributed by atoms with van der Waals surface area (Å²) in [6.07, 6.45) is 0.